The molecule has 2 amide bonds. The second-order valence-electron chi connectivity index (χ2n) is 3.76. The van der Waals surface area contributed by atoms with Gasteiger partial charge in [0.2, 0.25) is 11.8 Å². The van der Waals surface area contributed by atoms with Crippen molar-refractivity contribution in [3.8, 4) is 0 Å². The van der Waals surface area contributed by atoms with E-state index in [4.69, 9.17) is 0 Å². The second kappa shape index (κ2) is 7.68. The van der Waals surface area contributed by atoms with Gasteiger partial charge in [-0.05, 0) is 12.3 Å². The fraction of sp³-hybridized carbons (Fsp3) is 0.800. The Kier molecular flexibility index (Phi) is 7.38. The minimum absolute atomic E-state index is 0.0953. The molecular formula is C10H19BrN2O2. The van der Waals surface area contributed by atoms with Crippen molar-refractivity contribution in [1.29, 1.82) is 0 Å². The number of hydrogen-bond acceptors (Lipinski definition) is 2. The Morgan fingerprint density at radius 2 is 1.93 bits per heavy atom. The molecule has 1 atom stereocenters. The molecule has 0 heterocycles. The first kappa shape index (κ1) is 14.4. The quantitative estimate of drug-likeness (QED) is 0.564. The van der Waals surface area contributed by atoms with Gasteiger partial charge in [0, 0.05) is 18.8 Å². The predicted molar refractivity (Wildman–Crippen MR) is 63.9 cm³/mol. The van der Waals surface area contributed by atoms with Crippen molar-refractivity contribution in [2.24, 2.45) is 5.92 Å². The molecule has 0 saturated carbocycles. The summed E-state index contributed by atoms with van der Waals surface area (Å²) in [5.74, 6) is -0.191. The largest absolute Gasteiger partial charge is 0.354 e. The van der Waals surface area contributed by atoms with Gasteiger partial charge < -0.3 is 10.6 Å². The van der Waals surface area contributed by atoms with Crippen LogP contribution in [0.5, 0.6) is 0 Å². The Balaban J connectivity index is 4.11. The molecule has 0 radical (unpaired) electrons. The molecule has 4 nitrogen and oxygen atoms in total. The van der Waals surface area contributed by atoms with Gasteiger partial charge in [-0.2, -0.15) is 0 Å². The lowest BCUT2D eigenvalue weighted by molar-refractivity contribution is -0.129. The van der Waals surface area contributed by atoms with E-state index in [1.807, 2.05) is 13.8 Å². The fourth-order valence-electron chi connectivity index (χ4n) is 1.14. The summed E-state index contributed by atoms with van der Waals surface area (Å²) in [6, 6.07) is -0.433. The minimum atomic E-state index is -0.433. The molecule has 15 heavy (non-hydrogen) atoms. The van der Waals surface area contributed by atoms with Gasteiger partial charge in [0.25, 0.3) is 0 Å². The Hall–Kier alpha value is -0.580. The Labute approximate surface area is 99.3 Å². The van der Waals surface area contributed by atoms with E-state index in [9.17, 15) is 9.59 Å². The van der Waals surface area contributed by atoms with Crippen molar-refractivity contribution in [2.75, 3.05) is 11.9 Å². The maximum atomic E-state index is 11.7. The van der Waals surface area contributed by atoms with Gasteiger partial charge in [0.1, 0.15) is 6.04 Å². The van der Waals surface area contributed by atoms with Gasteiger partial charge in [-0.25, -0.2) is 0 Å². The van der Waals surface area contributed by atoms with Crippen LogP contribution >= 0.6 is 15.9 Å². The summed E-state index contributed by atoms with van der Waals surface area (Å²) in [5.41, 5.74) is 0. The minimum Gasteiger partial charge on any atom is -0.354 e. The van der Waals surface area contributed by atoms with Gasteiger partial charge >= 0.3 is 0 Å². The highest BCUT2D eigenvalue weighted by molar-refractivity contribution is 9.09. The number of nitrogens with one attached hydrogen (secondary N) is 2. The van der Waals surface area contributed by atoms with Crippen LogP contribution in [0.2, 0.25) is 0 Å². The molecule has 2 N–H and O–H groups in total. The highest BCUT2D eigenvalue weighted by Crippen LogP contribution is 2.01. The van der Waals surface area contributed by atoms with Crippen molar-refractivity contribution in [1.82, 2.24) is 10.6 Å². The first-order valence-corrected chi connectivity index (χ1v) is 6.22. The molecule has 0 aromatic heterocycles. The molecule has 0 fully saturated rings. The normalized spacial score (nSPS) is 12.3. The monoisotopic (exact) mass is 278 g/mol. The summed E-state index contributed by atoms with van der Waals surface area (Å²) in [6.07, 6.45) is 0.886. The Morgan fingerprint density at radius 1 is 1.33 bits per heavy atom. The third-order valence-corrected chi connectivity index (χ3v) is 2.48. The van der Waals surface area contributed by atoms with Crippen LogP contribution in [0.15, 0.2) is 0 Å². The zero-order chi connectivity index (χ0) is 11.8. The standard InChI is InChI=1S/C10H19BrN2O2/c1-7(2)9(13-8(3)14)10(15)12-6-4-5-11/h7,9H,4-6H2,1-3H3,(H,12,15)(H,13,14)/t9-/m0/s1. The van der Waals surface area contributed by atoms with E-state index in [-0.39, 0.29) is 17.7 Å². The van der Waals surface area contributed by atoms with Crippen LogP contribution in [0.25, 0.3) is 0 Å². The topological polar surface area (TPSA) is 58.2 Å². The van der Waals surface area contributed by atoms with Crippen LogP contribution in [0.4, 0.5) is 0 Å². The van der Waals surface area contributed by atoms with Crippen LogP contribution in [-0.2, 0) is 9.59 Å². The summed E-state index contributed by atoms with van der Waals surface area (Å²) in [5, 5.41) is 6.29. The second-order valence-corrected chi connectivity index (χ2v) is 4.55. The zero-order valence-corrected chi connectivity index (χ0v) is 11.1. The number of halogens is 1. The van der Waals surface area contributed by atoms with Crippen LogP contribution < -0.4 is 10.6 Å². The molecule has 0 rings (SSSR count). The molecule has 0 unspecified atom stereocenters. The molecule has 0 bridgehead atoms. The summed E-state index contributed by atoms with van der Waals surface area (Å²) in [6.45, 7) is 5.86. The zero-order valence-electron chi connectivity index (χ0n) is 9.47. The van der Waals surface area contributed by atoms with Gasteiger partial charge in [-0.15, -0.1) is 0 Å². The number of amides is 2. The number of hydrogen-bond donors (Lipinski definition) is 2. The van der Waals surface area contributed by atoms with Gasteiger partial charge in [-0.1, -0.05) is 29.8 Å². The molecule has 0 aliphatic carbocycles. The van der Waals surface area contributed by atoms with E-state index in [1.54, 1.807) is 0 Å². The van der Waals surface area contributed by atoms with Crippen LogP contribution in [-0.4, -0.2) is 29.7 Å². The molecule has 0 aromatic rings. The van der Waals surface area contributed by atoms with Crippen molar-refractivity contribution >= 4 is 27.7 Å². The summed E-state index contributed by atoms with van der Waals surface area (Å²) >= 11 is 3.28. The lowest BCUT2D eigenvalue weighted by atomic mass is 10.0. The van der Waals surface area contributed by atoms with Crippen molar-refractivity contribution in [3.05, 3.63) is 0 Å². The van der Waals surface area contributed by atoms with E-state index in [2.05, 4.69) is 26.6 Å². The SMILES string of the molecule is CC(=O)N[C@H](C(=O)NCCCBr)C(C)C. The lowest BCUT2D eigenvalue weighted by Crippen LogP contribution is -2.49. The number of carbonyl (C=O) groups is 2. The maximum Gasteiger partial charge on any atom is 0.242 e. The smallest absolute Gasteiger partial charge is 0.242 e. The third-order valence-electron chi connectivity index (χ3n) is 1.92. The van der Waals surface area contributed by atoms with E-state index in [0.29, 0.717) is 6.54 Å². The Bertz CT molecular complexity index is 219. The number of alkyl halides is 1. The Morgan fingerprint density at radius 3 is 2.33 bits per heavy atom. The lowest BCUT2D eigenvalue weighted by Gasteiger charge is -2.20. The third kappa shape index (κ3) is 6.49. The fourth-order valence-corrected chi connectivity index (χ4v) is 1.42. The summed E-state index contributed by atoms with van der Waals surface area (Å²) < 4.78 is 0. The first-order chi connectivity index (χ1) is 6.99. The maximum absolute atomic E-state index is 11.7. The molecule has 0 aromatic carbocycles. The first-order valence-electron chi connectivity index (χ1n) is 5.09. The van der Waals surface area contributed by atoms with Crippen LogP contribution in [0.3, 0.4) is 0 Å². The molecule has 0 aliphatic heterocycles. The predicted octanol–water partition coefficient (Wildman–Crippen LogP) is 1.05. The van der Waals surface area contributed by atoms with E-state index < -0.39 is 6.04 Å². The molecule has 0 spiro atoms. The molecule has 5 heteroatoms. The van der Waals surface area contributed by atoms with Crippen LogP contribution in [0, 0.1) is 5.92 Å². The average molecular weight is 279 g/mol. The molecule has 0 aliphatic rings. The molecule has 0 saturated heterocycles. The van der Waals surface area contributed by atoms with Gasteiger partial charge in [-0.3, -0.25) is 9.59 Å². The molecule has 88 valence electrons. The number of rotatable bonds is 6. The highest BCUT2D eigenvalue weighted by atomic mass is 79.9. The van der Waals surface area contributed by atoms with Crippen LogP contribution in [0.1, 0.15) is 27.2 Å². The summed E-state index contributed by atoms with van der Waals surface area (Å²) in [7, 11) is 0. The van der Waals surface area contributed by atoms with E-state index in [1.165, 1.54) is 6.92 Å². The molecular weight excluding hydrogens is 260 g/mol. The van der Waals surface area contributed by atoms with E-state index in [0.717, 1.165) is 11.8 Å². The highest BCUT2D eigenvalue weighted by Gasteiger charge is 2.22. The summed E-state index contributed by atoms with van der Waals surface area (Å²) in [4.78, 5) is 22.5. The van der Waals surface area contributed by atoms with Crippen molar-refractivity contribution in [3.63, 3.8) is 0 Å². The average Bonchev–Trinajstić information content (AvgIpc) is 2.13. The number of carbonyl (C=O) groups excluding carboxylic acids is 2. The van der Waals surface area contributed by atoms with Gasteiger partial charge in [0.15, 0.2) is 0 Å². The van der Waals surface area contributed by atoms with Gasteiger partial charge in [0.05, 0.1) is 0 Å². The van der Waals surface area contributed by atoms with Crippen molar-refractivity contribution < 1.29 is 9.59 Å². The van der Waals surface area contributed by atoms with Crippen molar-refractivity contribution in [2.45, 2.75) is 33.2 Å². The van der Waals surface area contributed by atoms with E-state index >= 15 is 0 Å².